The molecule has 0 spiro atoms. The van der Waals surface area contributed by atoms with E-state index in [2.05, 4.69) is 20.2 Å². The molecule has 12 heteroatoms. The molecule has 0 saturated carbocycles. The van der Waals surface area contributed by atoms with Gasteiger partial charge in [-0.25, -0.2) is 18.7 Å². The summed E-state index contributed by atoms with van der Waals surface area (Å²) in [4.78, 5) is 10.6. The van der Waals surface area contributed by atoms with Gasteiger partial charge in [-0.1, -0.05) is 17.7 Å². The number of benzene rings is 2. The maximum atomic E-state index is 13.1. The predicted molar refractivity (Wildman–Crippen MR) is 125 cm³/mol. The van der Waals surface area contributed by atoms with Crippen LogP contribution < -0.4 is 19.7 Å². The molecule has 0 aliphatic carbocycles. The Kier molecular flexibility index (Phi) is 9.29. The second kappa shape index (κ2) is 12.4. The summed E-state index contributed by atoms with van der Waals surface area (Å²) in [7, 11) is -4.02. The maximum absolute atomic E-state index is 13.1. The van der Waals surface area contributed by atoms with Gasteiger partial charge in [-0.2, -0.15) is 8.42 Å². The lowest BCUT2D eigenvalue weighted by Crippen LogP contribution is -2.44. The van der Waals surface area contributed by atoms with Crippen LogP contribution >= 0.6 is 0 Å². The summed E-state index contributed by atoms with van der Waals surface area (Å²) in [6.45, 7) is 5.58. The number of piperazine rings is 1. The van der Waals surface area contributed by atoms with Crippen molar-refractivity contribution in [1.29, 1.82) is 0 Å². The highest BCUT2D eigenvalue weighted by atomic mass is 32.2. The van der Waals surface area contributed by atoms with Crippen LogP contribution in [0.4, 0.5) is 14.6 Å². The van der Waals surface area contributed by atoms with Crippen LogP contribution in [-0.4, -0.2) is 62.3 Å². The Hall–Kier alpha value is -3.35. The van der Waals surface area contributed by atoms with E-state index in [0.29, 0.717) is 11.7 Å². The number of hydrogen-bond acceptors (Lipinski definition) is 8. The number of rotatable bonds is 7. The number of nitrogens with zero attached hydrogens (tertiary/aromatic N) is 3. The summed E-state index contributed by atoms with van der Waals surface area (Å²) in [5.41, 5.74) is 0.956. The van der Waals surface area contributed by atoms with E-state index < -0.39 is 21.8 Å². The van der Waals surface area contributed by atoms with Gasteiger partial charge in [0.1, 0.15) is 30.6 Å². The summed E-state index contributed by atoms with van der Waals surface area (Å²) in [5.74, 6) is -0.122. The Morgan fingerprint density at radius 2 is 1.57 bits per heavy atom. The number of nitrogens with one attached hydrogen (secondary N) is 1. The fourth-order valence-corrected chi connectivity index (χ4v) is 3.61. The lowest BCUT2D eigenvalue weighted by molar-refractivity contribution is 0.210. The minimum Gasteiger partial charge on any atom is -0.490 e. The summed E-state index contributed by atoms with van der Waals surface area (Å²) >= 11 is 0. The largest absolute Gasteiger partial charge is 0.490 e. The molecule has 2 heterocycles. The number of halogens is 2. The highest BCUT2D eigenvalue weighted by molar-refractivity contribution is 7.85. The van der Waals surface area contributed by atoms with E-state index in [1.165, 1.54) is 12.1 Å². The quantitative estimate of drug-likeness (QED) is 0.367. The van der Waals surface area contributed by atoms with Crippen molar-refractivity contribution in [1.82, 2.24) is 15.3 Å². The Labute approximate surface area is 202 Å². The van der Waals surface area contributed by atoms with Gasteiger partial charge in [0.15, 0.2) is 5.82 Å². The van der Waals surface area contributed by atoms with E-state index >= 15 is 0 Å². The van der Waals surface area contributed by atoms with Gasteiger partial charge in [0.25, 0.3) is 16.0 Å². The first-order valence-corrected chi connectivity index (χ1v) is 12.2. The van der Waals surface area contributed by atoms with Crippen LogP contribution in [-0.2, 0) is 10.1 Å². The molecular weight excluding hydrogens is 482 g/mol. The van der Waals surface area contributed by atoms with Gasteiger partial charge >= 0.3 is 0 Å². The van der Waals surface area contributed by atoms with Crippen molar-refractivity contribution >= 4 is 15.9 Å². The lowest BCUT2D eigenvalue weighted by atomic mass is 10.2. The van der Waals surface area contributed by atoms with Gasteiger partial charge in [0, 0.05) is 56.8 Å². The maximum Gasteiger partial charge on any atom is 0.294 e. The van der Waals surface area contributed by atoms with Crippen LogP contribution in [0.1, 0.15) is 5.56 Å². The van der Waals surface area contributed by atoms with Crippen LogP contribution in [0.3, 0.4) is 0 Å². The van der Waals surface area contributed by atoms with E-state index in [1.807, 2.05) is 6.92 Å². The molecular formula is C23H26F2N4O5S. The molecule has 1 aromatic heterocycles. The zero-order chi connectivity index (χ0) is 25.3. The van der Waals surface area contributed by atoms with E-state index in [-0.39, 0.29) is 23.9 Å². The third-order valence-corrected chi connectivity index (χ3v) is 5.68. The lowest BCUT2D eigenvalue weighted by Gasteiger charge is -2.28. The second-order valence-corrected chi connectivity index (χ2v) is 8.93. The predicted octanol–water partition coefficient (Wildman–Crippen LogP) is 2.86. The fourth-order valence-electron chi connectivity index (χ4n) is 3.13. The number of aryl methyl sites for hydroxylation is 1. The zero-order valence-corrected chi connectivity index (χ0v) is 19.8. The minimum absolute atomic E-state index is 0.0666. The van der Waals surface area contributed by atoms with Gasteiger partial charge in [-0.3, -0.25) is 4.55 Å². The molecule has 0 amide bonds. The van der Waals surface area contributed by atoms with E-state index in [9.17, 15) is 17.2 Å². The average molecular weight is 509 g/mol. The minimum atomic E-state index is -4.02. The van der Waals surface area contributed by atoms with Gasteiger partial charge < -0.3 is 19.7 Å². The van der Waals surface area contributed by atoms with Crippen molar-refractivity contribution in [2.45, 2.75) is 11.8 Å². The SMILES string of the molecule is Cc1ccc(S(=O)(=O)O)cc1.Fc1cc(F)cc(OCCOc2nccnc2N2CCNCC2)c1. The molecule has 35 heavy (non-hydrogen) atoms. The molecule has 0 bridgehead atoms. The van der Waals surface area contributed by atoms with Crippen molar-refractivity contribution in [3.63, 3.8) is 0 Å². The number of aromatic nitrogens is 2. The van der Waals surface area contributed by atoms with Gasteiger partial charge in [-0.15, -0.1) is 0 Å². The second-order valence-electron chi connectivity index (χ2n) is 7.51. The first kappa shape index (κ1) is 26.3. The molecule has 1 saturated heterocycles. The normalized spacial score (nSPS) is 13.5. The fraction of sp³-hybridized carbons (Fsp3) is 0.304. The van der Waals surface area contributed by atoms with Crippen LogP contribution in [0.25, 0.3) is 0 Å². The molecule has 1 fully saturated rings. The third kappa shape index (κ3) is 8.42. The molecule has 3 aromatic rings. The van der Waals surface area contributed by atoms with Crippen molar-refractivity contribution in [2.24, 2.45) is 0 Å². The van der Waals surface area contributed by atoms with Gasteiger partial charge in [0.2, 0.25) is 0 Å². The van der Waals surface area contributed by atoms with Crippen molar-refractivity contribution in [2.75, 3.05) is 44.3 Å². The van der Waals surface area contributed by atoms with Crippen molar-refractivity contribution < 1.29 is 31.2 Å². The van der Waals surface area contributed by atoms with Crippen LogP contribution in [0, 0.1) is 18.6 Å². The number of hydrogen-bond donors (Lipinski definition) is 2. The molecule has 9 nitrogen and oxygen atoms in total. The monoisotopic (exact) mass is 508 g/mol. The topological polar surface area (TPSA) is 114 Å². The first-order valence-electron chi connectivity index (χ1n) is 10.7. The van der Waals surface area contributed by atoms with Crippen molar-refractivity contribution in [3.8, 4) is 11.6 Å². The molecule has 2 N–H and O–H groups in total. The Morgan fingerprint density at radius 3 is 2.20 bits per heavy atom. The van der Waals surface area contributed by atoms with E-state index in [0.717, 1.165) is 49.9 Å². The number of ether oxygens (including phenoxy) is 2. The van der Waals surface area contributed by atoms with Crippen LogP contribution in [0.2, 0.25) is 0 Å². The Morgan fingerprint density at radius 1 is 0.971 bits per heavy atom. The Bertz CT molecular complexity index is 1190. The third-order valence-electron chi connectivity index (χ3n) is 4.81. The average Bonchev–Trinajstić information content (AvgIpc) is 2.82. The molecule has 188 valence electrons. The molecule has 0 unspecified atom stereocenters. The molecule has 4 rings (SSSR count). The summed E-state index contributed by atoms with van der Waals surface area (Å²) < 4.78 is 66.6. The Balaban J connectivity index is 0.000000261. The first-order chi connectivity index (χ1) is 16.7. The molecule has 1 aliphatic heterocycles. The summed E-state index contributed by atoms with van der Waals surface area (Å²) in [6.07, 6.45) is 3.18. The van der Waals surface area contributed by atoms with Gasteiger partial charge in [0.05, 0.1) is 4.90 Å². The summed E-state index contributed by atoms with van der Waals surface area (Å²) in [5, 5.41) is 3.27. The van der Waals surface area contributed by atoms with Crippen LogP contribution in [0.5, 0.6) is 11.6 Å². The van der Waals surface area contributed by atoms with E-state index in [1.54, 1.807) is 24.5 Å². The number of anilines is 1. The highest BCUT2D eigenvalue weighted by Crippen LogP contribution is 2.23. The zero-order valence-electron chi connectivity index (χ0n) is 19.0. The molecule has 0 atom stereocenters. The van der Waals surface area contributed by atoms with Crippen molar-refractivity contribution in [3.05, 3.63) is 72.1 Å². The standard InChI is InChI=1S/C16H18F2N4O2.C7H8O3S/c17-12-9-13(18)11-14(10-12)23-7-8-24-16-15(20-1-2-21-16)22-5-3-19-4-6-22;1-6-2-4-7(5-3-6)11(8,9)10/h1-2,9-11,19H,3-8H2;2-5H,1H3,(H,8,9,10). The van der Waals surface area contributed by atoms with Crippen LogP contribution in [0.15, 0.2) is 59.8 Å². The molecule has 2 aromatic carbocycles. The molecule has 1 aliphatic rings. The van der Waals surface area contributed by atoms with E-state index in [4.69, 9.17) is 14.0 Å². The van der Waals surface area contributed by atoms with Gasteiger partial charge in [-0.05, 0) is 19.1 Å². The smallest absolute Gasteiger partial charge is 0.294 e. The summed E-state index contributed by atoms with van der Waals surface area (Å²) in [6, 6.07) is 9.03. The highest BCUT2D eigenvalue weighted by Gasteiger charge is 2.17. The molecule has 0 radical (unpaired) electrons.